The summed E-state index contributed by atoms with van der Waals surface area (Å²) in [5.74, 6) is 0.175. The largest absolute Gasteiger partial charge is 0.483 e. The van der Waals surface area contributed by atoms with Crippen molar-refractivity contribution in [3.05, 3.63) is 83.9 Å². The fraction of sp³-hybridized carbons (Fsp3) is 0.333. The maximum Gasteiger partial charge on any atom is 0.265 e. The topological polar surface area (TPSA) is 114 Å². The van der Waals surface area contributed by atoms with Crippen LogP contribution in [0.15, 0.2) is 77.7 Å². The molecule has 2 amide bonds. The lowest BCUT2D eigenvalue weighted by molar-refractivity contribution is -0.128. The first kappa shape index (κ1) is 28.6. The number of fused-ring (bicyclic) bond motifs is 1. The number of rotatable bonds is 9. The number of sulfonamides is 1. The number of benzene rings is 3. The van der Waals surface area contributed by atoms with Gasteiger partial charge in [-0.15, -0.1) is 0 Å². The highest BCUT2D eigenvalue weighted by atomic mass is 32.2. The van der Waals surface area contributed by atoms with E-state index in [1.165, 1.54) is 15.3 Å². The number of amides is 2. The predicted octanol–water partition coefficient (Wildman–Crippen LogP) is 2.55. The number of morpholine rings is 1. The Hall–Kier alpha value is -3.93. The van der Waals surface area contributed by atoms with E-state index in [0.29, 0.717) is 62.0 Å². The summed E-state index contributed by atoms with van der Waals surface area (Å²) < 4.78 is 44.4. The molecule has 0 saturated carbocycles. The Morgan fingerprint density at radius 2 is 1.73 bits per heavy atom. The van der Waals surface area contributed by atoms with E-state index >= 15 is 0 Å². The molecule has 216 valence electrons. The summed E-state index contributed by atoms with van der Waals surface area (Å²) in [7, 11) is -3.65. The molecule has 10 nitrogen and oxygen atoms in total. The third kappa shape index (κ3) is 6.70. The van der Waals surface area contributed by atoms with Crippen LogP contribution < -0.4 is 19.7 Å². The van der Waals surface area contributed by atoms with Crippen molar-refractivity contribution in [3.63, 3.8) is 0 Å². The highest BCUT2D eigenvalue weighted by Crippen LogP contribution is 2.33. The van der Waals surface area contributed by atoms with Crippen molar-refractivity contribution in [2.45, 2.75) is 24.3 Å². The predicted molar refractivity (Wildman–Crippen MR) is 153 cm³/mol. The van der Waals surface area contributed by atoms with Crippen LogP contribution in [0.25, 0.3) is 0 Å². The Balaban J connectivity index is 1.22. The molecule has 0 bridgehead atoms. The second-order valence-corrected chi connectivity index (χ2v) is 11.8. The molecule has 1 N–H and O–H groups in total. The Bertz CT molecular complexity index is 1490. The molecule has 3 aromatic carbocycles. The van der Waals surface area contributed by atoms with Gasteiger partial charge in [0.05, 0.1) is 30.3 Å². The standard InChI is InChI=1S/C30H33N3O7S/c1-22-19-24(41(36,37)32-15-17-38-18-16-32)11-12-26(22)39-21-29(34)33-20-28(40-27-10-6-5-9-25(27)33)30(35)31-14-13-23-7-3-2-4-8-23/h2-12,19,28H,13-18,20-21H2,1H3,(H,31,35)/t28-/m0/s1. The van der Waals surface area contributed by atoms with Crippen molar-refractivity contribution >= 4 is 27.5 Å². The minimum atomic E-state index is -3.65. The summed E-state index contributed by atoms with van der Waals surface area (Å²) in [6.07, 6.45) is -0.200. The molecule has 0 aromatic heterocycles. The number of carbonyl (C=O) groups is 2. The van der Waals surface area contributed by atoms with Crippen LogP contribution in [0.1, 0.15) is 11.1 Å². The maximum absolute atomic E-state index is 13.3. The van der Waals surface area contributed by atoms with E-state index in [-0.39, 0.29) is 29.9 Å². The molecule has 5 rings (SSSR count). The summed E-state index contributed by atoms with van der Waals surface area (Å²) in [6.45, 7) is 3.25. The van der Waals surface area contributed by atoms with E-state index in [0.717, 1.165) is 5.56 Å². The maximum atomic E-state index is 13.3. The second-order valence-electron chi connectivity index (χ2n) is 9.84. The molecule has 1 saturated heterocycles. The van der Waals surface area contributed by atoms with Crippen LogP contribution in [0.2, 0.25) is 0 Å². The molecular formula is C30H33N3O7S. The Kier molecular flexibility index (Phi) is 8.87. The van der Waals surface area contributed by atoms with Crippen LogP contribution in [0.4, 0.5) is 5.69 Å². The van der Waals surface area contributed by atoms with Gasteiger partial charge in [-0.3, -0.25) is 9.59 Å². The average Bonchev–Trinajstić information content (AvgIpc) is 3.00. The van der Waals surface area contributed by atoms with Crippen molar-refractivity contribution in [1.29, 1.82) is 0 Å². The molecule has 1 atom stereocenters. The summed E-state index contributed by atoms with van der Waals surface area (Å²) in [5.41, 5.74) is 2.25. The molecule has 3 aromatic rings. The zero-order chi connectivity index (χ0) is 28.8. The van der Waals surface area contributed by atoms with Crippen molar-refractivity contribution in [1.82, 2.24) is 9.62 Å². The average molecular weight is 580 g/mol. The zero-order valence-electron chi connectivity index (χ0n) is 22.8. The van der Waals surface area contributed by atoms with Crippen LogP contribution in [0.3, 0.4) is 0 Å². The minimum absolute atomic E-state index is 0.0338. The van der Waals surface area contributed by atoms with Gasteiger partial charge in [0.2, 0.25) is 10.0 Å². The number of ether oxygens (including phenoxy) is 3. The van der Waals surface area contributed by atoms with E-state index in [1.807, 2.05) is 30.3 Å². The summed E-state index contributed by atoms with van der Waals surface area (Å²) >= 11 is 0. The molecule has 0 unspecified atom stereocenters. The highest BCUT2D eigenvalue weighted by Gasteiger charge is 2.34. The molecule has 0 aliphatic carbocycles. The summed E-state index contributed by atoms with van der Waals surface area (Å²) in [4.78, 5) is 28.0. The molecule has 1 fully saturated rings. The molecule has 0 spiro atoms. The number of para-hydroxylation sites is 2. The third-order valence-electron chi connectivity index (χ3n) is 7.03. The summed E-state index contributed by atoms with van der Waals surface area (Å²) in [5, 5.41) is 2.90. The Morgan fingerprint density at radius 1 is 1.00 bits per heavy atom. The van der Waals surface area contributed by atoms with Gasteiger partial charge in [0, 0.05) is 19.6 Å². The van der Waals surface area contributed by atoms with Crippen LogP contribution in [0, 0.1) is 6.92 Å². The number of hydrogen-bond donors (Lipinski definition) is 1. The van der Waals surface area contributed by atoms with Gasteiger partial charge in [0.1, 0.15) is 11.5 Å². The highest BCUT2D eigenvalue weighted by molar-refractivity contribution is 7.89. The first-order valence-electron chi connectivity index (χ1n) is 13.5. The van der Waals surface area contributed by atoms with E-state index in [2.05, 4.69) is 5.32 Å². The first-order chi connectivity index (χ1) is 19.8. The molecule has 2 aliphatic rings. The quantitative estimate of drug-likeness (QED) is 0.415. The van der Waals surface area contributed by atoms with Crippen molar-refractivity contribution < 1.29 is 32.2 Å². The van der Waals surface area contributed by atoms with E-state index in [1.54, 1.807) is 43.3 Å². The van der Waals surface area contributed by atoms with E-state index in [4.69, 9.17) is 14.2 Å². The van der Waals surface area contributed by atoms with Gasteiger partial charge in [-0.25, -0.2) is 8.42 Å². The third-order valence-corrected chi connectivity index (χ3v) is 8.92. The minimum Gasteiger partial charge on any atom is -0.483 e. The van der Waals surface area contributed by atoms with Crippen LogP contribution in [0.5, 0.6) is 11.5 Å². The van der Waals surface area contributed by atoms with Gasteiger partial charge in [-0.1, -0.05) is 42.5 Å². The van der Waals surface area contributed by atoms with Crippen LogP contribution >= 0.6 is 0 Å². The van der Waals surface area contributed by atoms with Gasteiger partial charge < -0.3 is 24.4 Å². The first-order valence-corrected chi connectivity index (χ1v) is 15.0. The van der Waals surface area contributed by atoms with Gasteiger partial charge in [0.25, 0.3) is 11.8 Å². The van der Waals surface area contributed by atoms with E-state index in [9.17, 15) is 18.0 Å². The number of hydrogen-bond acceptors (Lipinski definition) is 7. The fourth-order valence-electron chi connectivity index (χ4n) is 4.79. The Labute approximate surface area is 239 Å². The normalized spacial score (nSPS) is 17.3. The van der Waals surface area contributed by atoms with Gasteiger partial charge in [0.15, 0.2) is 12.7 Å². The Morgan fingerprint density at radius 3 is 2.49 bits per heavy atom. The van der Waals surface area contributed by atoms with Crippen LogP contribution in [-0.2, 0) is 30.8 Å². The smallest absolute Gasteiger partial charge is 0.265 e. The van der Waals surface area contributed by atoms with Crippen molar-refractivity contribution in [3.8, 4) is 11.5 Å². The molecular weight excluding hydrogens is 546 g/mol. The number of carbonyl (C=O) groups excluding carboxylic acids is 2. The number of nitrogens with one attached hydrogen (secondary N) is 1. The lowest BCUT2D eigenvalue weighted by Crippen LogP contribution is -2.52. The van der Waals surface area contributed by atoms with Crippen LogP contribution in [-0.4, -0.2) is 76.6 Å². The molecule has 2 aliphatic heterocycles. The number of nitrogens with zero attached hydrogens (tertiary/aromatic N) is 2. The fourth-order valence-corrected chi connectivity index (χ4v) is 6.29. The molecule has 11 heteroatoms. The van der Waals surface area contributed by atoms with Crippen molar-refractivity contribution in [2.24, 2.45) is 0 Å². The lowest BCUT2D eigenvalue weighted by atomic mass is 10.1. The number of anilines is 1. The molecule has 0 radical (unpaired) electrons. The van der Waals surface area contributed by atoms with E-state index < -0.39 is 16.1 Å². The molecule has 2 heterocycles. The van der Waals surface area contributed by atoms with Gasteiger partial charge >= 0.3 is 0 Å². The SMILES string of the molecule is Cc1cc(S(=O)(=O)N2CCOCC2)ccc1OCC(=O)N1C[C@@H](C(=O)NCCc2ccccc2)Oc2ccccc21. The van der Waals surface area contributed by atoms with Gasteiger partial charge in [-0.05, 0) is 54.8 Å². The van der Waals surface area contributed by atoms with Crippen molar-refractivity contribution in [2.75, 3.05) is 50.9 Å². The summed E-state index contributed by atoms with van der Waals surface area (Å²) in [6, 6.07) is 21.5. The number of aryl methyl sites for hydroxylation is 1. The zero-order valence-corrected chi connectivity index (χ0v) is 23.6. The second kappa shape index (κ2) is 12.7. The lowest BCUT2D eigenvalue weighted by Gasteiger charge is -2.34. The van der Waals surface area contributed by atoms with Gasteiger partial charge in [-0.2, -0.15) is 4.31 Å². The monoisotopic (exact) mass is 579 g/mol. The molecule has 41 heavy (non-hydrogen) atoms.